The number of hydrogen-bond acceptors (Lipinski definition) is 7. The minimum atomic E-state index is -4.59. The van der Waals surface area contributed by atoms with Crippen LogP contribution < -0.4 is 15.0 Å². The molecular weight excluding hydrogens is 680 g/mol. The Hall–Kier alpha value is -4.79. The molecule has 9 nitrogen and oxygen atoms in total. The smallest absolute Gasteiger partial charge is 0.416 e. The molecule has 1 aromatic heterocycles. The van der Waals surface area contributed by atoms with Gasteiger partial charge in [-0.15, -0.1) is 0 Å². The summed E-state index contributed by atoms with van der Waals surface area (Å²) < 4.78 is 53.4. The van der Waals surface area contributed by atoms with Crippen molar-refractivity contribution in [2.45, 2.75) is 12.8 Å². The van der Waals surface area contributed by atoms with Crippen molar-refractivity contribution in [1.29, 1.82) is 0 Å². The van der Waals surface area contributed by atoms with Crippen molar-refractivity contribution >= 4 is 45.4 Å². The van der Waals surface area contributed by atoms with E-state index in [0.717, 1.165) is 16.8 Å². The molecule has 4 aromatic carbocycles. The summed E-state index contributed by atoms with van der Waals surface area (Å²) in [5.74, 6) is 0.659. The molecule has 13 heteroatoms. The molecule has 0 saturated heterocycles. The number of aromatic nitrogens is 2. The van der Waals surface area contributed by atoms with E-state index in [9.17, 15) is 28.1 Å². The molecule has 0 aliphatic heterocycles. The van der Waals surface area contributed by atoms with Gasteiger partial charge >= 0.3 is 6.18 Å². The Morgan fingerprint density at radius 2 is 1.81 bits per heavy atom. The Morgan fingerprint density at radius 1 is 1.05 bits per heavy atom. The summed E-state index contributed by atoms with van der Waals surface area (Å²) in [5, 5.41) is 15.7. The van der Waals surface area contributed by atoms with E-state index < -0.39 is 22.2 Å². The first-order chi connectivity index (χ1) is 20.5. The maximum Gasteiger partial charge on any atom is 0.416 e. The highest BCUT2D eigenvalue weighted by atomic mass is 127. The third-order valence-corrected chi connectivity index (χ3v) is 7.08. The Morgan fingerprint density at radius 3 is 2.56 bits per heavy atom. The number of nitro groups is 1. The van der Waals surface area contributed by atoms with Gasteiger partial charge in [-0.05, 0) is 70.1 Å². The number of non-ortho nitro benzene ring substituents is 1. The minimum Gasteiger partial charge on any atom is -0.493 e. The van der Waals surface area contributed by atoms with Crippen LogP contribution in [0.2, 0.25) is 0 Å². The van der Waals surface area contributed by atoms with Gasteiger partial charge in [-0.25, -0.2) is 4.98 Å². The van der Waals surface area contributed by atoms with E-state index >= 15 is 0 Å². The standard InChI is InChI=1S/C30H20F3IN4O5/c1-42-26-14-19(13-24(34)27(26)43-17-18-6-4-9-22(12-18)38(40)41)16-35-37-28(20-7-5-8-21(15-20)30(31,32)33)36-25-11-3-2-10-23(25)29(37)39/h2-16H,17H2,1H3. The predicted octanol–water partition coefficient (Wildman–Crippen LogP) is 7.06. The SMILES string of the molecule is COc1cc(C=Nn2c(-c3cccc(C(F)(F)F)c3)nc3ccccc3c2=O)cc(I)c1OCc1cccc([N+](=O)[O-])c1. The van der Waals surface area contributed by atoms with Crippen LogP contribution in [0.1, 0.15) is 16.7 Å². The molecule has 0 bridgehead atoms. The van der Waals surface area contributed by atoms with E-state index in [4.69, 9.17) is 9.47 Å². The van der Waals surface area contributed by atoms with Crippen molar-refractivity contribution in [3.8, 4) is 22.9 Å². The van der Waals surface area contributed by atoms with Crippen LogP contribution in [0, 0.1) is 13.7 Å². The Labute approximate surface area is 255 Å². The Balaban J connectivity index is 1.52. The maximum atomic E-state index is 13.5. The highest BCUT2D eigenvalue weighted by Gasteiger charge is 2.31. The number of benzene rings is 4. The summed E-state index contributed by atoms with van der Waals surface area (Å²) in [6.07, 6.45) is -3.22. The first-order valence-corrected chi connectivity index (χ1v) is 13.6. The molecule has 0 N–H and O–H groups in total. The maximum absolute atomic E-state index is 13.5. The fraction of sp³-hybridized carbons (Fsp3) is 0.100. The van der Waals surface area contributed by atoms with Crippen LogP contribution in [-0.4, -0.2) is 27.9 Å². The van der Waals surface area contributed by atoms with Gasteiger partial charge < -0.3 is 9.47 Å². The van der Waals surface area contributed by atoms with Gasteiger partial charge in [-0.2, -0.15) is 22.9 Å². The van der Waals surface area contributed by atoms with E-state index in [1.54, 1.807) is 48.5 Å². The molecule has 0 aliphatic carbocycles. The number of halogens is 4. The van der Waals surface area contributed by atoms with Crippen molar-refractivity contribution in [3.63, 3.8) is 0 Å². The largest absolute Gasteiger partial charge is 0.493 e. The average Bonchev–Trinajstić information content (AvgIpc) is 2.99. The highest BCUT2D eigenvalue weighted by Crippen LogP contribution is 2.35. The summed E-state index contributed by atoms with van der Waals surface area (Å²) in [7, 11) is 1.44. The lowest BCUT2D eigenvalue weighted by Gasteiger charge is -2.14. The van der Waals surface area contributed by atoms with Gasteiger partial charge in [0.25, 0.3) is 11.2 Å². The molecule has 1 heterocycles. The monoisotopic (exact) mass is 700 g/mol. The topological polar surface area (TPSA) is 109 Å². The van der Waals surface area contributed by atoms with Gasteiger partial charge in [0.1, 0.15) is 6.61 Å². The Kier molecular flexibility index (Phi) is 8.43. The molecule has 5 rings (SSSR count). The van der Waals surface area contributed by atoms with Crippen LogP contribution in [0.4, 0.5) is 18.9 Å². The lowest BCUT2D eigenvalue weighted by atomic mass is 10.1. The van der Waals surface area contributed by atoms with Crippen molar-refractivity contribution in [2.75, 3.05) is 7.11 Å². The highest BCUT2D eigenvalue weighted by molar-refractivity contribution is 14.1. The predicted molar refractivity (Wildman–Crippen MR) is 163 cm³/mol. The van der Waals surface area contributed by atoms with Gasteiger partial charge in [-0.3, -0.25) is 14.9 Å². The van der Waals surface area contributed by atoms with Crippen LogP contribution in [0.25, 0.3) is 22.3 Å². The summed E-state index contributed by atoms with van der Waals surface area (Å²) in [4.78, 5) is 28.5. The zero-order valence-corrected chi connectivity index (χ0v) is 24.4. The summed E-state index contributed by atoms with van der Waals surface area (Å²) in [6.45, 7) is 0.0416. The quantitative estimate of drug-likeness (QED) is 0.0742. The fourth-order valence-electron chi connectivity index (χ4n) is 4.25. The third-order valence-electron chi connectivity index (χ3n) is 6.28. The van der Waals surface area contributed by atoms with Crippen LogP contribution in [0.15, 0.2) is 94.8 Å². The van der Waals surface area contributed by atoms with Gasteiger partial charge in [0.15, 0.2) is 17.3 Å². The van der Waals surface area contributed by atoms with E-state index in [0.29, 0.717) is 31.7 Å². The summed E-state index contributed by atoms with van der Waals surface area (Å²) in [6, 6.07) is 20.4. The molecule has 0 aliphatic rings. The van der Waals surface area contributed by atoms with Crippen molar-refractivity contribution < 1.29 is 27.6 Å². The minimum absolute atomic E-state index is 0.0416. The second kappa shape index (κ2) is 12.2. The molecular formula is C30H20F3IN4O5. The molecule has 0 radical (unpaired) electrons. The summed E-state index contributed by atoms with van der Waals surface area (Å²) in [5.41, 5.74) is -0.0466. The zero-order chi connectivity index (χ0) is 30.7. The lowest BCUT2D eigenvalue weighted by Crippen LogP contribution is -2.20. The second-order valence-corrected chi connectivity index (χ2v) is 10.3. The molecule has 0 spiro atoms. The molecule has 0 fully saturated rings. The van der Waals surface area contributed by atoms with Gasteiger partial charge in [0.2, 0.25) is 0 Å². The molecule has 0 atom stereocenters. The molecule has 0 amide bonds. The van der Waals surface area contributed by atoms with E-state index in [1.807, 2.05) is 22.6 Å². The number of para-hydroxylation sites is 1. The van der Waals surface area contributed by atoms with E-state index in [2.05, 4.69) is 10.1 Å². The zero-order valence-electron chi connectivity index (χ0n) is 22.2. The fourth-order valence-corrected chi connectivity index (χ4v) is 5.03. The van der Waals surface area contributed by atoms with Gasteiger partial charge in [0, 0.05) is 17.7 Å². The van der Waals surface area contributed by atoms with Crippen molar-refractivity contribution in [3.05, 3.63) is 126 Å². The first-order valence-electron chi connectivity index (χ1n) is 12.5. The van der Waals surface area contributed by atoms with Crippen LogP contribution >= 0.6 is 22.6 Å². The van der Waals surface area contributed by atoms with Crippen LogP contribution in [0.3, 0.4) is 0 Å². The van der Waals surface area contributed by atoms with E-state index in [1.165, 1.54) is 37.6 Å². The van der Waals surface area contributed by atoms with Crippen LogP contribution in [-0.2, 0) is 12.8 Å². The number of ether oxygens (including phenoxy) is 2. The Bertz CT molecular complexity index is 1940. The second-order valence-electron chi connectivity index (χ2n) is 9.14. The van der Waals surface area contributed by atoms with Crippen molar-refractivity contribution in [1.82, 2.24) is 9.66 Å². The van der Waals surface area contributed by atoms with Crippen molar-refractivity contribution in [2.24, 2.45) is 5.10 Å². The van der Waals surface area contributed by atoms with Gasteiger partial charge in [-0.1, -0.05) is 36.4 Å². The lowest BCUT2D eigenvalue weighted by molar-refractivity contribution is -0.384. The summed E-state index contributed by atoms with van der Waals surface area (Å²) >= 11 is 2.03. The van der Waals surface area contributed by atoms with Crippen LogP contribution in [0.5, 0.6) is 11.5 Å². The normalized spacial score (nSPS) is 11.7. The number of rotatable bonds is 8. The molecule has 218 valence electrons. The molecule has 0 unspecified atom stereocenters. The number of nitrogens with zero attached hydrogens (tertiary/aromatic N) is 4. The number of hydrogen-bond donors (Lipinski definition) is 0. The number of fused-ring (bicyclic) bond motifs is 1. The number of alkyl halides is 3. The molecule has 0 saturated carbocycles. The molecule has 5 aromatic rings. The van der Waals surface area contributed by atoms with Gasteiger partial charge in [0.05, 0.1) is 38.3 Å². The number of methoxy groups -OCH3 is 1. The third kappa shape index (κ3) is 6.51. The van der Waals surface area contributed by atoms with E-state index in [-0.39, 0.29) is 29.1 Å². The average molecular weight is 700 g/mol. The molecule has 43 heavy (non-hydrogen) atoms. The number of nitro benzene ring substituents is 1. The first kappa shape index (κ1) is 29.7.